The first-order chi connectivity index (χ1) is 7.27. The largest absolute Gasteiger partial charge is 0.490 e. The molecule has 15 heavy (non-hydrogen) atoms. The topological polar surface area (TPSA) is 64.7 Å². The summed E-state index contributed by atoms with van der Waals surface area (Å²) in [6.07, 6.45) is 0. The van der Waals surface area contributed by atoms with E-state index in [4.69, 9.17) is 20.3 Å². The number of rotatable bonds is 6. The second-order valence-electron chi connectivity index (χ2n) is 3.13. The summed E-state index contributed by atoms with van der Waals surface area (Å²) >= 11 is 0. The van der Waals surface area contributed by atoms with E-state index in [1.165, 1.54) is 0 Å². The van der Waals surface area contributed by atoms with E-state index in [1.54, 1.807) is 0 Å². The van der Waals surface area contributed by atoms with Gasteiger partial charge >= 0.3 is 0 Å². The molecule has 0 aromatic heterocycles. The van der Waals surface area contributed by atoms with Gasteiger partial charge in [-0.05, 0) is 19.1 Å². The van der Waals surface area contributed by atoms with E-state index in [-0.39, 0.29) is 19.3 Å². The van der Waals surface area contributed by atoms with Crippen molar-refractivity contribution in [2.75, 3.05) is 19.8 Å². The number of aliphatic hydroxyl groups is 1. The Bertz CT molecular complexity index is 291. The Morgan fingerprint density at radius 2 is 1.87 bits per heavy atom. The molecule has 1 aromatic carbocycles. The molecule has 0 heterocycles. The third kappa shape index (κ3) is 3.77. The number of nitrogens with two attached hydrogens (primary N) is 1. The molecule has 0 amide bonds. The van der Waals surface area contributed by atoms with Gasteiger partial charge in [-0.25, -0.2) is 0 Å². The highest BCUT2D eigenvalue weighted by atomic mass is 16.5. The van der Waals surface area contributed by atoms with Gasteiger partial charge in [-0.2, -0.15) is 0 Å². The molecule has 0 aliphatic heterocycles. The molecule has 1 aromatic rings. The average molecular weight is 211 g/mol. The lowest BCUT2D eigenvalue weighted by Gasteiger charge is -2.13. The molecule has 0 radical (unpaired) electrons. The van der Waals surface area contributed by atoms with Crippen LogP contribution >= 0.6 is 0 Å². The Hall–Kier alpha value is -1.26. The zero-order chi connectivity index (χ0) is 11.1. The zero-order valence-corrected chi connectivity index (χ0v) is 8.85. The van der Waals surface area contributed by atoms with Crippen molar-refractivity contribution >= 4 is 0 Å². The van der Waals surface area contributed by atoms with Crippen LogP contribution in [0.15, 0.2) is 24.3 Å². The average Bonchev–Trinajstić information content (AvgIpc) is 2.28. The first kappa shape index (κ1) is 11.8. The van der Waals surface area contributed by atoms with Crippen LogP contribution in [0.1, 0.15) is 6.92 Å². The smallest absolute Gasteiger partial charge is 0.161 e. The molecular formula is C11H17NO3. The number of benzene rings is 1. The van der Waals surface area contributed by atoms with Crippen molar-refractivity contribution in [2.45, 2.75) is 13.0 Å². The monoisotopic (exact) mass is 211 g/mol. The van der Waals surface area contributed by atoms with Crippen molar-refractivity contribution in [3.8, 4) is 11.5 Å². The maximum atomic E-state index is 8.75. The summed E-state index contributed by atoms with van der Waals surface area (Å²) in [6, 6.07) is 7.03. The molecule has 0 aliphatic carbocycles. The normalized spacial score (nSPS) is 12.2. The van der Waals surface area contributed by atoms with Gasteiger partial charge < -0.3 is 20.3 Å². The summed E-state index contributed by atoms with van der Waals surface area (Å²) in [4.78, 5) is 0. The molecule has 3 N–H and O–H groups in total. The Morgan fingerprint density at radius 1 is 1.27 bits per heavy atom. The molecule has 0 aliphatic rings. The molecule has 1 unspecified atom stereocenters. The van der Waals surface area contributed by atoms with Crippen LogP contribution in [0.25, 0.3) is 0 Å². The second-order valence-corrected chi connectivity index (χ2v) is 3.13. The maximum absolute atomic E-state index is 8.75. The van der Waals surface area contributed by atoms with Gasteiger partial charge in [-0.1, -0.05) is 12.1 Å². The van der Waals surface area contributed by atoms with Gasteiger partial charge in [0.25, 0.3) is 0 Å². The molecule has 0 spiro atoms. The van der Waals surface area contributed by atoms with Gasteiger partial charge in [-0.15, -0.1) is 0 Å². The van der Waals surface area contributed by atoms with Gasteiger partial charge in [0.1, 0.15) is 6.61 Å². The highest BCUT2D eigenvalue weighted by molar-refractivity contribution is 5.39. The zero-order valence-electron chi connectivity index (χ0n) is 8.85. The summed E-state index contributed by atoms with van der Waals surface area (Å²) < 4.78 is 10.8. The van der Waals surface area contributed by atoms with Gasteiger partial charge in [0, 0.05) is 0 Å². The highest BCUT2D eigenvalue weighted by Gasteiger charge is 2.06. The van der Waals surface area contributed by atoms with Crippen molar-refractivity contribution < 1.29 is 14.6 Å². The number of aliphatic hydroxyl groups excluding tert-OH is 1. The highest BCUT2D eigenvalue weighted by Crippen LogP contribution is 2.26. The molecule has 1 atom stereocenters. The Labute approximate surface area is 89.6 Å². The molecule has 4 heteroatoms. The lowest BCUT2D eigenvalue weighted by atomic mass is 10.3. The standard InChI is InChI=1S/C11H17NO3/c1-2-14-10-5-3-4-6-11(10)15-8-9(12)7-13/h3-6,9,13H,2,7-8,12H2,1H3. The third-order valence-corrected chi connectivity index (χ3v) is 1.84. The van der Waals surface area contributed by atoms with Crippen LogP contribution in [0.5, 0.6) is 11.5 Å². The van der Waals surface area contributed by atoms with Crippen LogP contribution in [0.3, 0.4) is 0 Å². The lowest BCUT2D eigenvalue weighted by molar-refractivity contribution is 0.200. The molecule has 0 bridgehead atoms. The lowest BCUT2D eigenvalue weighted by Crippen LogP contribution is -2.31. The minimum atomic E-state index is -0.361. The summed E-state index contributed by atoms with van der Waals surface area (Å²) in [5, 5.41) is 8.75. The van der Waals surface area contributed by atoms with Crippen LogP contribution in [0.4, 0.5) is 0 Å². The summed E-state index contributed by atoms with van der Waals surface area (Å²) in [7, 11) is 0. The second kappa shape index (κ2) is 6.27. The quantitative estimate of drug-likeness (QED) is 0.730. The van der Waals surface area contributed by atoms with Crippen LogP contribution in [-0.4, -0.2) is 31.0 Å². The minimum absolute atomic E-state index is 0.0865. The summed E-state index contributed by atoms with van der Waals surface area (Å²) in [5.74, 6) is 1.35. The van der Waals surface area contributed by atoms with Crippen molar-refractivity contribution in [1.29, 1.82) is 0 Å². The van der Waals surface area contributed by atoms with Crippen LogP contribution in [0.2, 0.25) is 0 Å². The first-order valence-electron chi connectivity index (χ1n) is 4.99. The van der Waals surface area contributed by atoms with E-state index in [0.717, 1.165) is 0 Å². The number of para-hydroxylation sites is 2. The van der Waals surface area contributed by atoms with E-state index in [9.17, 15) is 0 Å². The first-order valence-corrected chi connectivity index (χ1v) is 4.99. The Balaban J connectivity index is 2.58. The van der Waals surface area contributed by atoms with E-state index >= 15 is 0 Å². The van der Waals surface area contributed by atoms with Crippen LogP contribution in [0, 0.1) is 0 Å². The Morgan fingerprint density at radius 3 is 2.40 bits per heavy atom. The van der Waals surface area contributed by atoms with Crippen LogP contribution in [-0.2, 0) is 0 Å². The number of ether oxygens (including phenoxy) is 2. The molecule has 84 valence electrons. The fourth-order valence-electron chi connectivity index (χ4n) is 1.09. The summed E-state index contributed by atoms with van der Waals surface area (Å²) in [6.45, 7) is 2.69. The van der Waals surface area contributed by atoms with Gasteiger partial charge in [0.05, 0.1) is 19.3 Å². The van der Waals surface area contributed by atoms with Crippen LogP contribution < -0.4 is 15.2 Å². The fourth-order valence-corrected chi connectivity index (χ4v) is 1.09. The van der Waals surface area contributed by atoms with E-state index < -0.39 is 0 Å². The molecule has 0 saturated heterocycles. The number of hydrogen-bond acceptors (Lipinski definition) is 4. The molecule has 0 saturated carbocycles. The van der Waals surface area contributed by atoms with Crippen molar-refractivity contribution in [2.24, 2.45) is 5.73 Å². The van der Waals surface area contributed by atoms with Crippen molar-refractivity contribution in [3.05, 3.63) is 24.3 Å². The predicted octanol–water partition coefficient (Wildman–Crippen LogP) is 0.784. The minimum Gasteiger partial charge on any atom is -0.490 e. The van der Waals surface area contributed by atoms with Gasteiger partial charge in [-0.3, -0.25) is 0 Å². The molecule has 1 rings (SSSR count). The third-order valence-electron chi connectivity index (χ3n) is 1.84. The van der Waals surface area contributed by atoms with Crippen molar-refractivity contribution in [1.82, 2.24) is 0 Å². The van der Waals surface area contributed by atoms with Gasteiger partial charge in [0.2, 0.25) is 0 Å². The van der Waals surface area contributed by atoms with Crippen molar-refractivity contribution in [3.63, 3.8) is 0 Å². The maximum Gasteiger partial charge on any atom is 0.161 e. The fraction of sp³-hybridized carbons (Fsp3) is 0.455. The Kier molecular flexibility index (Phi) is 4.93. The van der Waals surface area contributed by atoms with E-state index in [1.807, 2.05) is 31.2 Å². The van der Waals surface area contributed by atoms with E-state index in [0.29, 0.717) is 18.1 Å². The predicted molar refractivity (Wildman–Crippen MR) is 58.2 cm³/mol. The molecular weight excluding hydrogens is 194 g/mol. The van der Waals surface area contributed by atoms with E-state index in [2.05, 4.69) is 0 Å². The summed E-state index contributed by atoms with van der Waals surface area (Å²) in [5.41, 5.74) is 5.53. The molecule has 0 fully saturated rings. The molecule has 4 nitrogen and oxygen atoms in total. The number of hydrogen-bond donors (Lipinski definition) is 2. The SMILES string of the molecule is CCOc1ccccc1OCC(N)CO. The van der Waals surface area contributed by atoms with Gasteiger partial charge in [0.15, 0.2) is 11.5 Å².